The molecule has 0 fully saturated rings. The second-order valence-corrected chi connectivity index (χ2v) is 4.72. The fourth-order valence-corrected chi connectivity index (χ4v) is 1.75. The number of nitrogens with zero attached hydrogens (tertiary/aromatic N) is 2. The van der Waals surface area contributed by atoms with E-state index in [0.29, 0.717) is 17.9 Å². The predicted molar refractivity (Wildman–Crippen MR) is 69.2 cm³/mol. The summed E-state index contributed by atoms with van der Waals surface area (Å²) in [5.41, 5.74) is -0.376. The maximum Gasteiger partial charge on any atom is 0.216 e. The first-order valence-electron chi connectivity index (χ1n) is 6.12. The number of aromatic nitrogens is 2. The Morgan fingerprint density at radius 1 is 1.50 bits per heavy atom. The van der Waals surface area contributed by atoms with Crippen LogP contribution >= 0.6 is 0 Å². The number of methoxy groups -OCH3 is 2. The molecule has 5 heteroatoms. The molecule has 5 nitrogen and oxygen atoms in total. The number of Topliss-reactive ketones (excluding diaryl/α,β-unsaturated/α-hetero) is 1. The Morgan fingerprint density at radius 2 is 2.11 bits per heavy atom. The van der Waals surface area contributed by atoms with Gasteiger partial charge in [-0.15, -0.1) is 0 Å². The lowest BCUT2D eigenvalue weighted by atomic mass is 9.94. The minimum atomic E-state index is -0.847. The monoisotopic (exact) mass is 254 g/mol. The van der Waals surface area contributed by atoms with E-state index in [4.69, 9.17) is 9.47 Å². The van der Waals surface area contributed by atoms with Gasteiger partial charge in [-0.1, -0.05) is 6.92 Å². The molecule has 102 valence electrons. The van der Waals surface area contributed by atoms with Crippen molar-refractivity contribution in [3.05, 3.63) is 11.9 Å². The molecule has 1 rings (SSSR count). The van der Waals surface area contributed by atoms with Gasteiger partial charge in [0.25, 0.3) is 0 Å². The summed E-state index contributed by atoms with van der Waals surface area (Å²) in [4.78, 5) is 12.6. The minimum absolute atomic E-state index is 0.0887. The Kier molecular flexibility index (Phi) is 4.51. The van der Waals surface area contributed by atoms with Crippen LogP contribution in [0.3, 0.4) is 0 Å². The van der Waals surface area contributed by atoms with E-state index in [1.807, 2.05) is 20.8 Å². The number of carbonyl (C=O) groups excluding carboxylic acids is 1. The highest BCUT2D eigenvalue weighted by Crippen LogP contribution is 2.28. The first-order valence-corrected chi connectivity index (χ1v) is 6.12. The van der Waals surface area contributed by atoms with Crippen LogP contribution in [0.4, 0.5) is 0 Å². The largest absolute Gasteiger partial charge is 0.493 e. The molecule has 0 aliphatic carbocycles. The quantitative estimate of drug-likeness (QED) is 0.732. The van der Waals surface area contributed by atoms with E-state index in [9.17, 15) is 4.79 Å². The lowest BCUT2D eigenvalue weighted by Crippen LogP contribution is -2.38. The first-order chi connectivity index (χ1) is 8.41. The molecule has 0 aliphatic rings. The van der Waals surface area contributed by atoms with Crippen molar-refractivity contribution in [3.63, 3.8) is 0 Å². The fourth-order valence-electron chi connectivity index (χ4n) is 1.75. The summed E-state index contributed by atoms with van der Waals surface area (Å²) in [6, 6.07) is 0.0887. The molecule has 1 atom stereocenters. The van der Waals surface area contributed by atoms with E-state index in [-0.39, 0.29) is 11.8 Å². The zero-order valence-corrected chi connectivity index (χ0v) is 12.0. The molecule has 0 radical (unpaired) electrons. The minimum Gasteiger partial charge on any atom is -0.493 e. The van der Waals surface area contributed by atoms with Crippen LogP contribution in [-0.4, -0.2) is 35.4 Å². The van der Waals surface area contributed by atoms with E-state index in [1.165, 1.54) is 7.11 Å². The standard InChI is InChI=1S/C13H22N2O3/c1-7-13(4,18-6)12(16)11-10(17-5)8-14-15(11)9(2)3/h8-9H,7H2,1-6H3. The number of hydrogen-bond acceptors (Lipinski definition) is 4. The summed E-state index contributed by atoms with van der Waals surface area (Å²) in [6.07, 6.45) is 2.16. The molecule has 0 aromatic carbocycles. The molecule has 18 heavy (non-hydrogen) atoms. The van der Waals surface area contributed by atoms with Crippen LogP contribution < -0.4 is 4.74 Å². The summed E-state index contributed by atoms with van der Waals surface area (Å²) in [5, 5.41) is 4.20. The van der Waals surface area contributed by atoms with Gasteiger partial charge in [0.2, 0.25) is 5.78 Å². The van der Waals surface area contributed by atoms with E-state index >= 15 is 0 Å². The molecule has 0 saturated carbocycles. The third-order valence-corrected chi connectivity index (χ3v) is 3.29. The number of carbonyl (C=O) groups is 1. The molecular weight excluding hydrogens is 232 g/mol. The second-order valence-electron chi connectivity index (χ2n) is 4.72. The van der Waals surface area contributed by atoms with E-state index in [1.54, 1.807) is 24.9 Å². The molecule has 0 amide bonds. The topological polar surface area (TPSA) is 53.4 Å². The molecule has 0 bridgehead atoms. The van der Waals surface area contributed by atoms with E-state index in [2.05, 4.69) is 5.10 Å². The van der Waals surface area contributed by atoms with Crippen LogP contribution in [0.1, 0.15) is 50.6 Å². The maximum absolute atomic E-state index is 12.6. The number of hydrogen-bond donors (Lipinski definition) is 0. The van der Waals surface area contributed by atoms with E-state index in [0.717, 1.165) is 0 Å². The average Bonchev–Trinajstić information content (AvgIpc) is 2.80. The Balaban J connectivity index is 3.30. The van der Waals surface area contributed by atoms with Crippen LogP contribution in [0, 0.1) is 0 Å². The molecule has 0 aliphatic heterocycles. The SMILES string of the molecule is CCC(C)(OC)C(=O)c1c(OC)cnn1C(C)C. The highest BCUT2D eigenvalue weighted by molar-refractivity contribution is 6.03. The normalized spacial score (nSPS) is 14.6. The summed E-state index contributed by atoms with van der Waals surface area (Å²) < 4.78 is 12.3. The Morgan fingerprint density at radius 3 is 2.50 bits per heavy atom. The van der Waals surface area contributed by atoms with Gasteiger partial charge in [-0.25, -0.2) is 0 Å². The van der Waals surface area contributed by atoms with Gasteiger partial charge >= 0.3 is 0 Å². The van der Waals surface area contributed by atoms with E-state index < -0.39 is 5.60 Å². The van der Waals surface area contributed by atoms with Gasteiger partial charge in [-0.05, 0) is 27.2 Å². The maximum atomic E-state index is 12.6. The van der Waals surface area contributed by atoms with Gasteiger partial charge in [0.05, 0.1) is 13.3 Å². The van der Waals surface area contributed by atoms with Crippen molar-refractivity contribution < 1.29 is 14.3 Å². The van der Waals surface area contributed by atoms with Crippen molar-refractivity contribution in [3.8, 4) is 5.75 Å². The molecule has 1 unspecified atom stereocenters. The van der Waals surface area contributed by atoms with Crippen molar-refractivity contribution in [2.24, 2.45) is 0 Å². The van der Waals surface area contributed by atoms with Crippen molar-refractivity contribution in [1.29, 1.82) is 0 Å². The number of ether oxygens (including phenoxy) is 2. The van der Waals surface area contributed by atoms with Crippen LogP contribution in [-0.2, 0) is 4.74 Å². The Labute approximate surface area is 108 Å². The van der Waals surface area contributed by atoms with Gasteiger partial charge in [0, 0.05) is 13.2 Å². The van der Waals surface area contributed by atoms with Crippen molar-refractivity contribution in [2.75, 3.05) is 14.2 Å². The van der Waals surface area contributed by atoms with Gasteiger partial charge < -0.3 is 9.47 Å². The lowest BCUT2D eigenvalue weighted by molar-refractivity contribution is 0.00935. The smallest absolute Gasteiger partial charge is 0.216 e. The Hall–Kier alpha value is -1.36. The third kappa shape index (κ3) is 2.41. The van der Waals surface area contributed by atoms with Crippen molar-refractivity contribution >= 4 is 5.78 Å². The Bertz CT molecular complexity index is 420. The lowest BCUT2D eigenvalue weighted by Gasteiger charge is -2.26. The molecule has 1 aromatic rings. The van der Waals surface area contributed by atoms with Crippen LogP contribution in [0.5, 0.6) is 5.75 Å². The van der Waals surface area contributed by atoms with Gasteiger partial charge in [-0.3, -0.25) is 9.48 Å². The summed E-state index contributed by atoms with van der Waals surface area (Å²) in [5.74, 6) is 0.390. The summed E-state index contributed by atoms with van der Waals surface area (Å²) in [6.45, 7) is 7.65. The zero-order valence-electron chi connectivity index (χ0n) is 12.0. The van der Waals surface area contributed by atoms with Crippen molar-refractivity contribution in [1.82, 2.24) is 9.78 Å². The summed E-state index contributed by atoms with van der Waals surface area (Å²) in [7, 11) is 3.08. The van der Waals surface area contributed by atoms with Gasteiger partial charge in [-0.2, -0.15) is 5.10 Å². The molecule has 1 heterocycles. The van der Waals surface area contributed by atoms with Gasteiger partial charge in [0.1, 0.15) is 11.3 Å². The second kappa shape index (κ2) is 5.52. The molecule has 0 spiro atoms. The highest BCUT2D eigenvalue weighted by atomic mass is 16.5. The fraction of sp³-hybridized carbons (Fsp3) is 0.692. The van der Waals surface area contributed by atoms with Crippen molar-refractivity contribution in [2.45, 2.75) is 45.8 Å². The predicted octanol–water partition coefficient (Wildman–Crippen LogP) is 2.47. The zero-order chi connectivity index (χ0) is 13.9. The highest BCUT2D eigenvalue weighted by Gasteiger charge is 2.36. The number of rotatable bonds is 6. The third-order valence-electron chi connectivity index (χ3n) is 3.29. The molecular formula is C13H22N2O3. The molecule has 1 aromatic heterocycles. The molecule has 0 saturated heterocycles. The van der Waals surface area contributed by atoms with Crippen LogP contribution in [0.2, 0.25) is 0 Å². The van der Waals surface area contributed by atoms with Crippen LogP contribution in [0.15, 0.2) is 6.20 Å². The van der Waals surface area contributed by atoms with Crippen LogP contribution in [0.25, 0.3) is 0 Å². The first kappa shape index (κ1) is 14.7. The van der Waals surface area contributed by atoms with Gasteiger partial charge in [0.15, 0.2) is 5.75 Å². The summed E-state index contributed by atoms with van der Waals surface area (Å²) >= 11 is 0. The number of ketones is 1. The molecule has 0 N–H and O–H groups in total. The average molecular weight is 254 g/mol.